The van der Waals surface area contributed by atoms with Crippen LogP contribution in [-0.2, 0) is 11.3 Å². The Labute approximate surface area is 147 Å². The number of aromatic nitrogens is 1. The molecule has 3 rings (SSSR count). The van der Waals surface area contributed by atoms with Gasteiger partial charge in [0.25, 0.3) is 0 Å². The zero-order valence-corrected chi connectivity index (χ0v) is 14.5. The number of nitrogens with one attached hydrogen (secondary N) is 1. The molecule has 4 heteroatoms. The molecule has 0 fully saturated rings. The van der Waals surface area contributed by atoms with E-state index in [1.807, 2.05) is 30.0 Å². The van der Waals surface area contributed by atoms with Crippen LogP contribution in [0.3, 0.4) is 0 Å². The van der Waals surface area contributed by atoms with E-state index in [9.17, 15) is 4.79 Å². The smallest absolute Gasteiger partial charge is 0.221 e. The Morgan fingerprint density at radius 1 is 1.00 bits per heavy atom. The molecule has 0 radical (unpaired) electrons. The second kappa shape index (κ2) is 8.60. The lowest BCUT2D eigenvalue weighted by Crippen LogP contribution is -2.25. The largest absolute Gasteiger partial charge is 0.356 e. The molecule has 1 heterocycles. The van der Waals surface area contributed by atoms with E-state index in [1.165, 1.54) is 15.8 Å². The summed E-state index contributed by atoms with van der Waals surface area (Å²) in [6, 6.07) is 20.7. The lowest BCUT2D eigenvalue weighted by Gasteiger charge is -2.07. The van der Waals surface area contributed by atoms with E-state index in [0.29, 0.717) is 6.42 Å². The van der Waals surface area contributed by atoms with E-state index in [2.05, 4.69) is 58.5 Å². The van der Waals surface area contributed by atoms with Crippen molar-refractivity contribution in [2.45, 2.75) is 24.3 Å². The van der Waals surface area contributed by atoms with Gasteiger partial charge in [0, 0.05) is 36.1 Å². The van der Waals surface area contributed by atoms with E-state index < -0.39 is 0 Å². The summed E-state index contributed by atoms with van der Waals surface area (Å²) in [5.74, 6) is 1.14. The molecule has 0 aliphatic rings. The minimum atomic E-state index is 0.123. The van der Waals surface area contributed by atoms with E-state index in [4.69, 9.17) is 0 Å². The maximum absolute atomic E-state index is 12.0. The summed E-state index contributed by atoms with van der Waals surface area (Å²) >= 11 is 1.83. The Kier molecular flexibility index (Phi) is 5.96. The van der Waals surface area contributed by atoms with Crippen molar-refractivity contribution in [1.82, 2.24) is 9.88 Å². The molecule has 124 valence electrons. The molecule has 0 spiro atoms. The molecular weight excluding hydrogens is 316 g/mol. The predicted octanol–water partition coefficient (Wildman–Crippen LogP) is 4.33. The molecule has 0 aliphatic heterocycles. The second-order valence-electron chi connectivity index (χ2n) is 5.68. The molecule has 1 amide bonds. The van der Waals surface area contributed by atoms with Crippen molar-refractivity contribution in [1.29, 1.82) is 0 Å². The monoisotopic (exact) mass is 338 g/mol. The fourth-order valence-corrected chi connectivity index (χ4v) is 3.53. The summed E-state index contributed by atoms with van der Waals surface area (Å²) in [4.78, 5) is 13.3. The highest BCUT2D eigenvalue weighted by Gasteiger charge is 2.04. The highest BCUT2D eigenvalue weighted by molar-refractivity contribution is 7.99. The quantitative estimate of drug-likeness (QED) is 0.490. The van der Waals surface area contributed by atoms with Gasteiger partial charge in [-0.3, -0.25) is 4.79 Å². The molecule has 0 aliphatic carbocycles. The molecule has 0 bridgehead atoms. The van der Waals surface area contributed by atoms with Crippen molar-refractivity contribution in [2.24, 2.45) is 0 Å². The van der Waals surface area contributed by atoms with Crippen molar-refractivity contribution < 1.29 is 4.79 Å². The van der Waals surface area contributed by atoms with E-state index in [0.717, 1.165) is 25.3 Å². The third kappa shape index (κ3) is 4.65. The number of benzene rings is 2. The van der Waals surface area contributed by atoms with Crippen LogP contribution in [0.5, 0.6) is 0 Å². The van der Waals surface area contributed by atoms with Crippen LogP contribution in [0, 0.1) is 0 Å². The second-order valence-corrected chi connectivity index (χ2v) is 6.85. The fourth-order valence-electron chi connectivity index (χ4n) is 2.65. The van der Waals surface area contributed by atoms with E-state index in [1.54, 1.807) is 0 Å². The first-order chi connectivity index (χ1) is 11.8. The normalized spacial score (nSPS) is 10.8. The third-order valence-electron chi connectivity index (χ3n) is 3.92. The average molecular weight is 338 g/mol. The first-order valence-corrected chi connectivity index (χ1v) is 9.30. The molecule has 1 N–H and O–H groups in total. The molecule has 0 saturated heterocycles. The number of carbonyl (C=O) groups excluding carboxylic acids is 1. The topological polar surface area (TPSA) is 34.0 Å². The number of aryl methyl sites for hydroxylation is 1. The molecule has 3 nitrogen and oxygen atoms in total. The lowest BCUT2D eigenvalue weighted by molar-refractivity contribution is -0.121. The van der Waals surface area contributed by atoms with E-state index in [-0.39, 0.29) is 5.91 Å². The molecule has 0 saturated carbocycles. The van der Waals surface area contributed by atoms with Crippen molar-refractivity contribution in [3.63, 3.8) is 0 Å². The SMILES string of the molecule is O=C(CCn1ccc2ccccc21)NCCCSc1ccccc1. The van der Waals surface area contributed by atoms with Crippen LogP contribution >= 0.6 is 11.8 Å². The summed E-state index contributed by atoms with van der Waals surface area (Å²) in [7, 11) is 0. The van der Waals surface area contributed by atoms with Crippen LogP contribution in [-0.4, -0.2) is 22.8 Å². The van der Waals surface area contributed by atoms with Crippen LogP contribution in [0.4, 0.5) is 0 Å². The van der Waals surface area contributed by atoms with Crippen LogP contribution in [0.15, 0.2) is 71.8 Å². The minimum absolute atomic E-state index is 0.123. The number of hydrogen-bond donors (Lipinski definition) is 1. The highest BCUT2D eigenvalue weighted by Crippen LogP contribution is 2.17. The zero-order valence-electron chi connectivity index (χ0n) is 13.7. The van der Waals surface area contributed by atoms with Crippen LogP contribution < -0.4 is 5.32 Å². The Morgan fingerprint density at radius 2 is 1.79 bits per heavy atom. The summed E-state index contributed by atoms with van der Waals surface area (Å²) in [6.45, 7) is 1.46. The first-order valence-electron chi connectivity index (χ1n) is 8.31. The highest BCUT2D eigenvalue weighted by atomic mass is 32.2. The van der Waals surface area contributed by atoms with Crippen LogP contribution in [0.2, 0.25) is 0 Å². The Hall–Kier alpha value is -2.20. The summed E-state index contributed by atoms with van der Waals surface area (Å²) < 4.78 is 2.14. The lowest BCUT2D eigenvalue weighted by atomic mass is 10.2. The molecular formula is C20H22N2OS. The van der Waals surface area contributed by atoms with Crippen molar-refractivity contribution >= 4 is 28.6 Å². The Balaban J connectivity index is 1.34. The molecule has 1 aromatic heterocycles. The van der Waals surface area contributed by atoms with Gasteiger partial charge in [-0.2, -0.15) is 0 Å². The number of fused-ring (bicyclic) bond motifs is 1. The number of rotatable bonds is 8. The Morgan fingerprint density at radius 3 is 2.67 bits per heavy atom. The van der Waals surface area contributed by atoms with Gasteiger partial charge in [-0.15, -0.1) is 11.8 Å². The summed E-state index contributed by atoms with van der Waals surface area (Å²) in [6.07, 6.45) is 3.55. The Bertz CT molecular complexity index is 782. The van der Waals surface area contributed by atoms with Gasteiger partial charge < -0.3 is 9.88 Å². The van der Waals surface area contributed by atoms with Gasteiger partial charge >= 0.3 is 0 Å². The molecule has 0 atom stereocenters. The average Bonchev–Trinajstić information content (AvgIpc) is 3.04. The third-order valence-corrected chi connectivity index (χ3v) is 5.01. The fraction of sp³-hybridized carbons (Fsp3) is 0.250. The van der Waals surface area contributed by atoms with Crippen LogP contribution in [0.1, 0.15) is 12.8 Å². The maximum Gasteiger partial charge on any atom is 0.221 e. The first kappa shape index (κ1) is 16.7. The van der Waals surface area contributed by atoms with Gasteiger partial charge in [-0.1, -0.05) is 36.4 Å². The van der Waals surface area contributed by atoms with Crippen molar-refractivity contribution in [3.05, 3.63) is 66.9 Å². The van der Waals surface area contributed by atoms with Gasteiger partial charge in [0.15, 0.2) is 0 Å². The number of para-hydroxylation sites is 1. The number of thioether (sulfide) groups is 1. The number of hydrogen-bond acceptors (Lipinski definition) is 2. The number of nitrogens with zero attached hydrogens (tertiary/aromatic N) is 1. The molecule has 24 heavy (non-hydrogen) atoms. The zero-order chi connectivity index (χ0) is 16.6. The van der Waals surface area contributed by atoms with E-state index >= 15 is 0 Å². The number of amides is 1. The van der Waals surface area contributed by atoms with Crippen molar-refractivity contribution in [3.8, 4) is 0 Å². The molecule has 0 unspecified atom stereocenters. The van der Waals surface area contributed by atoms with Gasteiger partial charge in [0.2, 0.25) is 5.91 Å². The summed E-state index contributed by atoms with van der Waals surface area (Å²) in [5, 5.41) is 4.23. The van der Waals surface area contributed by atoms with Gasteiger partial charge in [0.1, 0.15) is 0 Å². The van der Waals surface area contributed by atoms with Gasteiger partial charge in [-0.25, -0.2) is 0 Å². The van der Waals surface area contributed by atoms with Crippen molar-refractivity contribution in [2.75, 3.05) is 12.3 Å². The standard InChI is InChI=1S/C20H22N2OS/c23-20(21-13-6-16-24-18-8-2-1-3-9-18)12-15-22-14-11-17-7-4-5-10-19(17)22/h1-5,7-11,14H,6,12-13,15-16H2,(H,21,23). The number of carbonyl (C=O) groups is 1. The maximum atomic E-state index is 12.0. The molecule has 2 aromatic carbocycles. The van der Waals surface area contributed by atoms with Gasteiger partial charge in [-0.05, 0) is 41.8 Å². The molecule has 3 aromatic rings. The van der Waals surface area contributed by atoms with Gasteiger partial charge in [0.05, 0.1) is 0 Å². The van der Waals surface area contributed by atoms with Crippen LogP contribution in [0.25, 0.3) is 10.9 Å². The minimum Gasteiger partial charge on any atom is -0.356 e. The predicted molar refractivity (Wildman–Crippen MR) is 101 cm³/mol. The summed E-state index contributed by atoms with van der Waals surface area (Å²) in [5.41, 5.74) is 1.18.